The van der Waals surface area contributed by atoms with Gasteiger partial charge in [0.1, 0.15) is 0 Å². The second-order valence-corrected chi connectivity index (χ2v) is 5.07. The van der Waals surface area contributed by atoms with E-state index >= 15 is 0 Å². The number of hydrogen-bond acceptors (Lipinski definition) is 3. The minimum absolute atomic E-state index is 0. The first kappa shape index (κ1) is 25.1. The summed E-state index contributed by atoms with van der Waals surface area (Å²) in [6, 6.07) is 2.49. The van der Waals surface area contributed by atoms with Crippen LogP contribution in [0.4, 0.5) is 24.5 Å². The van der Waals surface area contributed by atoms with Crippen LogP contribution < -0.4 is 16.4 Å². The summed E-state index contributed by atoms with van der Waals surface area (Å²) in [5.74, 6) is -0.485. The van der Waals surface area contributed by atoms with E-state index < -0.39 is 23.7 Å². The molecule has 0 aliphatic heterocycles. The van der Waals surface area contributed by atoms with E-state index in [2.05, 4.69) is 10.6 Å². The Labute approximate surface area is 152 Å². The Morgan fingerprint density at radius 1 is 1.17 bits per heavy atom. The molecule has 0 bridgehead atoms. The van der Waals surface area contributed by atoms with Crippen molar-refractivity contribution >= 4 is 42.1 Å². The fourth-order valence-corrected chi connectivity index (χ4v) is 1.91. The molecule has 1 aromatic carbocycles. The first-order valence-corrected chi connectivity index (χ1v) is 7.31. The zero-order valence-corrected chi connectivity index (χ0v) is 15.2. The van der Waals surface area contributed by atoms with Crippen molar-refractivity contribution in [3.63, 3.8) is 0 Å². The fraction of sp³-hybridized carbons (Fsp3) is 0.533. The highest BCUT2D eigenvalue weighted by Gasteiger charge is 2.31. The monoisotopic (exact) mass is 389 g/mol. The van der Waals surface area contributed by atoms with Crippen molar-refractivity contribution < 1.29 is 18.0 Å². The number of nitrogens with one attached hydrogen (secondary N) is 2. The van der Waals surface area contributed by atoms with Crippen LogP contribution in [-0.2, 0) is 11.0 Å². The Morgan fingerprint density at radius 2 is 1.79 bits per heavy atom. The summed E-state index contributed by atoms with van der Waals surface area (Å²) in [6.07, 6.45) is -2.46. The van der Waals surface area contributed by atoms with Crippen LogP contribution in [0, 0.1) is 0 Å². The van der Waals surface area contributed by atoms with Gasteiger partial charge in [-0.15, -0.1) is 24.8 Å². The third kappa shape index (κ3) is 7.59. The molecule has 0 aliphatic rings. The van der Waals surface area contributed by atoms with Crippen molar-refractivity contribution in [3.8, 4) is 0 Å². The topological polar surface area (TPSA) is 67.1 Å². The third-order valence-electron chi connectivity index (χ3n) is 3.11. The maximum atomic E-state index is 12.8. The molecule has 0 aliphatic carbocycles. The van der Waals surface area contributed by atoms with Crippen LogP contribution in [0.1, 0.15) is 38.7 Å². The number of anilines is 2. The summed E-state index contributed by atoms with van der Waals surface area (Å²) >= 11 is 0. The van der Waals surface area contributed by atoms with E-state index in [4.69, 9.17) is 5.73 Å². The normalized spacial score (nSPS) is 11.8. The summed E-state index contributed by atoms with van der Waals surface area (Å²) in [6.45, 7) is 4.41. The molecule has 9 heteroatoms. The maximum absolute atomic E-state index is 12.8. The van der Waals surface area contributed by atoms with E-state index in [0.717, 1.165) is 25.0 Å². The second kappa shape index (κ2) is 11.4. The predicted molar refractivity (Wildman–Crippen MR) is 96.2 cm³/mol. The first-order chi connectivity index (χ1) is 10.3. The number of carbonyl (C=O) groups excluding carboxylic acids is 1. The molecule has 0 fully saturated rings. The fourth-order valence-electron chi connectivity index (χ4n) is 1.91. The van der Waals surface area contributed by atoms with Gasteiger partial charge in [-0.25, -0.2) is 0 Å². The van der Waals surface area contributed by atoms with Crippen molar-refractivity contribution in [1.82, 2.24) is 0 Å². The molecule has 1 atom stereocenters. The Kier molecular flexibility index (Phi) is 11.9. The van der Waals surface area contributed by atoms with Gasteiger partial charge in [0.2, 0.25) is 5.91 Å². The van der Waals surface area contributed by atoms with Crippen LogP contribution in [0.3, 0.4) is 0 Å². The predicted octanol–water partition coefficient (Wildman–Crippen LogP) is 4.44. The quantitative estimate of drug-likeness (QED) is 0.645. The molecule has 1 unspecified atom stereocenters. The Hall–Kier alpha value is -1.18. The van der Waals surface area contributed by atoms with Gasteiger partial charge < -0.3 is 16.4 Å². The van der Waals surface area contributed by atoms with Gasteiger partial charge in [0, 0.05) is 6.54 Å². The van der Waals surface area contributed by atoms with E-state index in [1.807, 2.05) is 13.8 Å². The standard InChI is InChI=1S/C15H22F3N3O.2ClH/c1-3-5-11(19)14(22)21-13-9-10(15(16,17)18)6-7-12(13)20-8-4-2;;/h6-7,9,11,20H,3-5,8,19H2,1-2H3,(H,21,22);2*1H. The van der Waals surface area contributed by atoms with Crippen LogP contribution >= 0.6 is 24.8 Å². The molecule has 24 heavy (non-hydrogen) atoms. The summed E-state index contributed by atoms with van der Waals surface area (Å²) in [5.41, 5.74) is 5.43. The zero-order chi connectivity index (χ0) is 16.8. The summed E-state index contributed by atoms with van der Waals surface area (Å²) < 4.78 is 38.4. The first-order valence-electron chi connectivity index (χ1n) is 7.31. The van der Waals surface area contributed by atoms with Gasteiger partial charge in [-0.2, -0.15) is 13.2 Å². The van der Waals surface area contributed by atoms with Crippen LogP contribution in [0.5, 0.6) is 0 Å². The second-order valence-electron chi connectivity index (χ2n) is 5.07. The number of benzene rings is 1. The molecule has 0 aromatic heterocycles. The molecule has 4 N–H and O–H groups in total. The third-order valence-corrected chi connectivity index (χ3v) is 3.11. The summed E-state index contributed by atoms with van der Waals surface area (Å²) in [5, 5.41) is 5.49. The molecule has 0 saturated carbocycles. The number of nitrogens with two attached hydrogens (primary N) is 1. The molecule has 140 valence electrons. The molecule has 0 spiro atoms. The molecular formula is C15H24Cl2F3N3O. The van der Waals surface area contributed by atoms with E-state index in [-0.39, 0.29) is 30.5 Å². The highest BCUT2D eigenvalue weighted by atomic mass is 35.5. The van der Waals surface area contributed by atoms with Crippen molar-refractivity contribution in [2.24, 2.45) is 5.73 Å². The lowest BCUT2D eigenvalue weighted by Gasteiger charge is -2.17. The molecule has 0 saturated heterocycles. The van der Waals surface area contributed by atoms with E-state index in [1.165, 1.54) is 6.07 Å². The Bertz CT molecular complexity index is 513. The van der Waals surface area contributed by atoms with Crippen molar-refractivity contribution in [2.75, 3.05) is 17.2 Å². The number of hydrogen-bond donors (Lipinski definition) is 3. The van der Waals surface area contributed by atoms with Gasteiger partial charge in [0.05, 0.1) is 23.0 Å². The van der Waals surface area contributed by atoms with Crippen molar-refractivity contribution in [1.29, 1.82) is 0 Å². The summed E-state index contributed by atoms with van der Waals surface area (Å²) in [4.78, 5) is 11.9. The van der Waals surface area contributed by atoms with Crippen LogP contribution in [0.15, 0.2) is 18.2 Å². The van der Waals surface area contributed by atoms with Crippen LogP contribution in [-0.4, -0.2) is 18.5 Å². The highest BCUT2D eigenvalue weighted by molar-refractivity contribution is 5.97. The van der Waals surface area contributed by atoms with Gasteiger partial charge in [0.25, 0.3) is 0 Å². The van der Waals surface area contributed by atoms with Crippen LogP contribution in [0.25, 0.3) is 0 Å². The zero-order valence-electron chi connectivity index (χ0n) is 13.6. The van der Waals surface area contributed by atoms with Gasteiger partial charge in [-0.1, -0.05) is 20.3 Å². The maximum Gasteiger partial charge on any atom is 0.416 e. The van der Waals surface area contributed by atoms with E-state index in [0.29, 0.717) is 18.7 Å². The minimum atomic E-state index is -4.46. The van der Waals surface area contributed by atoms with E-state index in [9.17, 15) is 18.0 Å². The molecule has 1 amide bonds. The molecule has 1 rings (SSSR count). The number of halogens is 5. The lowest BCUT2D eigenvalue weighted by atomic mass is 10.1. The molecule has 1 aromatic rings. The van der Waals surface area contributed by atoms with Crippen LogP contribution in [0.2, 0.25) is 0 Å². The number of rotatable bonds is 7. The number of alkyl halides is 3. The van der Waals surface area contributed by atoms with Gasteiger partial charge in [0.15, 0.2) is 0 Å². The smallest absolute Gasteiger partial charge is 0.383 e. The van der Waals surface area contributed by atoms with E-state index in [1.54, 1.807) is 0 Å². The Balaban J connectivity index is 0. The highest BCUT2D eigenvalue weighted by Crippen LogP contribution is 2.34. The molecular weight excluding hydrogens is 366 g/mol. The van der Waals surface area contributed by atoms with Gasteiger partial charge >= 0.3 is 6.18 Å². The van der Waals surface area contributed by atoms with Gasteiger partial charge in [-0.3, -0.25) is 4.79 Å². The lowest BCUT2D eigenvalue weighted by Crippen LogP contribution is -2.35. The van der Waals surface area contributed by atoms with Gasteiger partial charge in [-0.05, 0) is 31.0 Å². The minimum Gasteiger partial charge on any atom is -0.383 e. The number of carbonyl (C=O) groups is 1. The average molecular weight is 390 g/mol. The summed E-state index contributed by atoms with van der Waals surface area (Å²) in [7, 11) is 0. The van der Waals surface area contributed by atoms with Crippen molar-refractivity contribution in [2.45, 2.75) is 45.3 Å². The SMILES string of the molecule is CCCNc1ccc(C(F)(F)F)cc1NC(=O)C(N)CCC.Cl.Cl. The van der Waals surface area contributed by atoms with Crippen molar-refractivity contribution in [3.05, 3.63) is 23.8 Å². The largest absolute Gasteiger partial charge is 0.416 e. The lowest BCUT2D eigenvalue weighted by molar-refractivity contribution is -0.137. The molecule has 4 nitrogen and oxygen atoms in total. The number of amides is 1. The molecule has 0 heterocycles. The average Bonchev–Trinajstić information content (AvgIpc) is 2.45. The Morgan fingerprint density at radius 3 is 2.29 bits per heavy atom. The molecule has 0 radical (unpaired) electrons.